The van der Waals surface area contributed by atoms with Gasteiger partial charge in [-0.3, -0.25) is 0 Å². The number of halogens is 1. The van der Waals surface area contributed by atoms with Gasteiger partial charge in [0.25, 0.3) is 0 Å². The molecule has 0 amide bonds. The molecule has 0 aliphatic heterocycles. The first-order valence-electron chi connectivity index (χ1n) is 9.53. The maximum Gasteiger partial charge on any atom is 0.245 e. The fourth-order valence-electron chi connectivity index (χ4n) is 3.10. The maximum atomic E-state index is 9.18. The lowest BCUT2D eigenvalue weighted by Gasteiger charge is -2.07. The van der Waals surface area contributed by atoms with Gasteiger partial charge in [-0.1, -0.05) is 35.9 Å². The predicted octanol–water partition coefficient (Wildman–Crippen LogP) is 5.58. The summed E-state index contributed by atoms with van der Waals surface area (Å²) in [6.07, 6.45) is 3.04. The number of rotatable bonds is 7. The molecule has 2 aromatic heterocycles. The summed E-state index contributed by atoms with van der Waals surface area (Å²) in [6, 6.07) is 16.8. The van der Waals surface area contributed by atoms with Gasteiger partial charge in [0.05, 0.1) is 18.4 Å². The fourth-order valence-corrected chi connectivity index (χ4v) is 3.22. The molecule has 0 atom stereocenters. The van der Waals surface area contributed by atoms with Crippen molar-refractivity contribution in [2.24, 2.45) is 0 Å². The number of aromatic amines is 1. The first kappa shape index (κ1) is 19.7. The van der Waals surface area contributed by atoms with Gasteiger partial charge in [-0.05, 0) is 37.6 Å². The number of hydrogen-bond acceptors (Lipinski definition) is 5. The highest BCUT2D eigenvalue weighted by molar-refractivity contribution is 6.30. The quantitative estimate of drug-likeness (QED) is 0.396. The minimum atomic E-state index is 0.456. The van der Waals surface area contributed by atoms with E-state index in [9.17, 15) is 5.26 Å². The minimum Gasteiger partial charge on any atom is -0.492 e. The molecule has 2 aromatic carbocycles. The molecule has 0 unspecified atom stereocenters. The molecule has 150 valence electrons. The van der Waals surface area contributed by atoms with Gasteiger partial charge in [0.2, 0.25) is 5.89 Å². The number of aromatic nitrogens is 3. The number of hydrogen-bond donors (Lipinski definition) is 1. The maximum absolute atomic E-state index is 9.18. The molecule has 2 heterocycles. The third-order valence-electron chi connectivity index (χ3n) is 4.56. The van der Waals surface area contributed by atoms with Crippen LogP contribution in [-0.2, 0) is 6.42 Å². The van der Waals surface area contributed by atoms with Crippen molar-refractivity contribution >= 4 is 11.6 Å². The highest BCUT2D eigenvalue weighted by Crippen LogP contribution is 2.30. The number of nitriles is 1. The van der Waals surface area contributed by atoms with Gasteiger partial charge in [-0.25, -0.2) is 9.97 Å². The van der Waals surface area contributed by atoms with E-state index >= 15 is 0 Å². The van der Waals surface area contributed by atoms with Crippen molar-refractivity contribution in [3.63, 3.8) is 0 Å². The number of ether oxygens (including phenoxy) is 1. The molecule has 4 rings (SSSR count). The second-order valence-corrected chi connectivity index (χ2v) is 7.18. The number of imidazole rings is 1. The van der Waals surface area contributed by atoms with Crippen LogP contribution in [0.5, 0.6) is 5.75 Å². The first-order valence-corrected chi connectivity index (χ1v) is 9.91. The van der Waals surface area contributed by atoms with Crippen LogP contribution in [0.25, 0.3) is 22.8 Å². The van der Waals surface area contributed by atoms with Crippen LogP contribution in [0.4, 0.5) is 0 Å². The first-order chi connectivity index (χ1) is 14.6. The third-order valence-corrected chi connectivity index (χ3v) is 4.81. The molecule has 6 nitrogen and oxygen atoms in total. The molecule has 0 saturated heterocycles. The zero-order valence-electron chi connectivity index (χ0n) is 16.4. The van der Waals surface area contributed by atoms with Gasteiger partial charge in [0, 0.05) is 17.0 Å². The van der Waals surface area contributed by atoms with E-state index in [0.29, 0.717) is 41.7 Å². The van der Waals surface area contributed by atoms with Gasteiger partial charge in [-0.2, -0.15) is 5.26 Å². The normalized spacial score (nSPS) is 10.7. The number of benzene rings is 2. The Labute approximate surface area is 179 Å². The molecule has 0 radical (unpaired) electrons. The molecule has 1 N–H and O–H groups in total. The van der Waals surface area contributed by atoms with E-state index in [-0.39, 0.29) is 0 Å². The van der Waals surface area contributed by atoms with Crippen molar-refractivity contribution in [3.8, 4) is 34.7 Å². The molecule has 0 aliphatic rings. The number of aryl methyl sites for hydroxylation is 2. The van der Waals surface area contributed by atoms with Crippen molar-refractivity contribution in [1.29, 1.82) is 5.26 Å². The summed E-state index contributed by atoms with van der Waals surface area (Å²) < 4.78 is 11.9. The van der Waals surface area contributed by atoms with Gasteiger partial charge >= 0.3 is 0 Å². The van der Waals surface area contributed by atoms with Gasteiger partial charge in [0.15, 0.2) is 0 Å². The molecule has 0 saturated carbocycles. The topological polar surface area (TPSA) is 87.7 Å². The van der Waals surface area contributed by atoms with E-state index in [2.05, 4.69) is 16.0 Å². The van der Waals surface area contributed by atoms with E-state index in [1.165, 1.54) is 0 Å². The van der Waals surface area contributed by atoms with Crippen LogP contribution in [0, 0.1) is 18.3 Å². The van der Waals surface area contributed by atoms with Crippen molar-refractivity contribution in [3.05, 3.63) is 76.9 Å². The van der Waals surface area contributed by atoms with E-state index in [4.69, 9.17) is 25.7 Å². The molecule has 7 heteroatoms. The van der Waals surface area contributed by atoms with E-state index < -0.39 is 0 Å². The van der Waals surface area contributed by atoms with Crippen molar-refractivity contribution in [2.45, 2.75) is 19.8 Å². The van der Waals surface area contributed by atoms with Crippen LogP contribution in [-0.4, -0.2) is 21.6 Å². The number of oxazole rings is 1. The lowest BCUT2D eigenvalue weighted by atomic mass is 10.1. The zero-order valence-corrected chi connectivity index (χ0v) is 17.1. The van der Waals surface area contributed by atoms with Crippen LogP contribution in [0.15, 0.2) is 59.1 Å². The molecule has 4 aromatic rings. The van der Waals surface area contributed by atoms with Crippen molar-refractivity contribution < 1.29 is 9.15 Å². The van der Waals surface area contributed by atoms with Gasteiger partial charge < -0.3 is 14.1 Å². The summed E-state index contributed by atoms with van der Waals surface area (Å²) >= 11 is 6.03. The standard InChI is InChI=1S/C23H19ClN4O2/c1-15-26-14-19(27-15)23-28-22(16-8-10-18(24)11-9-16)21(30-23)7-4-12-29-20-6-3-2-5-17(20)13-25/h2-3,5-6,8-11,14H,4,7,12H2,1H3,(H,26,27). The summed E-state index contributed by atoms with van der Waals surface area (Å²) in [5.41, 5.74) is 2.95. The van der Waals surface area contributed by atoms with Crippen molar-refractivity contribution in [2.75, 3.05) is 6.61 Å². The number of nitrogens with one attached hydrogen (secondary N) is 1. The van der Waals surface area contributed by atoms with Crippen LogP contribution >= 0.6 is 11.6 Å². The largest absolute Gasteiger partial charge is 0.492 e. The zero-order chi connectivity index (χ0) is 20.9. The smallest absolute Gasteiger partial charge is 0.245 e. The predicted molar refractivity (Wildman–Crippen MR) is 114 cm³/mol. The Morgan fingerprint density at radius 2 is 1.97 bits per heavy atom. The highest BCUT2D eigenvalue weighted by atomic mass is 35.5. The summed E-state index contributed by atoms with van der Waals surface area (Å²) in [7, 11) is 0. The second-order valence-electron chi connectivity index (χ2n) is 6.74. The molecule has 0 aliphatic carbocycles. The number of nitrogens with zero attached hydrogens (tertiary/aromatic N) is 3. The SMILES string of the molecule is Cc1ncc(-c2nc(-c3ccc(Cl)cc3)c(CCCOc3ccccc3C#N)o2)[nH]1. The molecule has 30 heavy (non-hydrogen) atoms. The Bertz CT molecular complexity index is 1190. The highest BCUT2D eigenvalue weighted by Gasteiger charge is 2.17. The Balaban J connectivity index is 1.53. The summed E-state index contributed by atoms with van der Waals surface area (Å²) in [5.74, 6) is 2.63. The third kappa shape index (κ3) is 4.37. The molecular weight excluding hydrogens is 400 g/mol. The summed E-state index contributed by atoms with van der Waals surface area (Å²) in [5, 5.41) is 9.84. The molecule has 0 spiro atoms. The van der Waals surface area contributed by atoms with Gasteiger partial charge in [-0.15, -0.1) is 0 Å². The summed E-state index contributed by atoms with van der Waals surface area (Å²) in [4.78, 5) is 12.1. The Morgan fingerprint density at radius 1 is 1.17 bits per heavy atom. The lowest BCUT2D eigenvalue weighted by Crippen LogP contribution is -2.01. The lowest BCUT2D eigenvalue weighted by molar-refractivity contribution is 0.305. The average Bonchev–Trinajstić information content (AvgIpc) is 3.38. The van der Waals surface area contributed by atoms with Gasteiger partial charge in [0.1, 0.15) is 34.8 Å². The average molecular weight is 419 g/mol. The fraction of sp³-hybridized carbons (Fsp3) is 0.174. The van der Waals surface area contributed by atoms with Crippen LogP contribution in [0.2, 0.25) is 5.02 Å². The second kappa shape index (κ2) is 8.85. The molecule has 0 bridgehead atoms. The summed E-state index contributed by atoms with van der Waals surface area (Å²) in [6.45, 7) is 2.34. The van der Waals surface area contributed by atoms with E-state index in [1.807, 2.05) is 43.3 Å². The Kier molecular flexibility index (Phi) is 5.82. The number of para-hydroxylation sites is 1. The van der Waals surface area contributed by atoms with Crippen LogP contribution < -0.4 is 4.74 Å². The van der Waals surface area contributed by atoms with E-state index in [1.54, 1.807) is 18.3 Å². The Hall–Kier alpha value is -3.56. The Morgan fingerprint density at radius 3 is 2.70 bits per heavy atom. The van der Waals surface area contributed by atoms with Crippen LogP contribution in [0.1, 0.15) is 23.6 Å². The monoisotopic (exact) mass is 418 g/mol. The number of H-pyrrole nitrogens is 1. The molecular formula is C23H19ClN4O2. The minimum absolute atomic E-state index is 0.456. The van der Waals surface area contributed by atoms with Crippen LogP contribution in [0.3, 0.4) is 0 Å². The van der Waals surface area contributed by atoms with E-state index in [0.717, 1.165) is 28.5 Å². The van der Waals surface area contributed by atoms with Crippen molar-refractivity contribution in [1.82, 2.24) is 15.0 Å². The molecule has 0 fully saturated rings.